The number of aromatic nitrogens is 4. The topological polar surface area (TPSA) is 95.4 Å². The number of hydrogen-bond acceptors (Lipinski definition) is 7. The molecule has 4 heterocycles. The molecule has 2 aromatic heterocycles. The highest BCUT2D eigenvalue weighted by Gasteiger charge is 2.51. The minimum Gasteiger partial charge on any atom is -0.378 e. The third kappa shape index (κ3) is 2.21. The van der Waals surface area contributed by atoms with Crippen LogP contribution in [0.4, 0.5) is 0 Å². The van der Waals surface area contributed by atoms with Crippen molar-refractivity contribution in [1.82, 2.24) is 20.2 Å². The summed E-state index contributed by atoms with van der Waals surface area (Å²) in [6.07, 6.45) is 4.86. The van der Waals surface area contributed by atoms with Crippen LogP contribution in [-0.2, 0) is 21.6 Å². The molecule has 2 saturated heterocycles. The van der Waals surface area contributed by atoms with Crippen molar-refractivity contribution in [2.75, 3.05) is 6.61 Å². The standard InChI is InChI=1S/C16H20N4O4/c1-9-12(18-24-14(9)10-2-3-10)6-20-7-13(17-19-20)16(21)5-4-11-8-22-15(16)23-11/h7,10-11,15,21H,2-6,8H2,1H3/t11-,15+,16?/m0/s1. The van der Waals surface area contributed by atoms with E-state index in [2.05, 4.69) is 15.5 Å². The molecule has 0 radical (unpaired) electrons. The Morgan fingerprint density at radius 2 is 2.25 bits per heavy atom. The lowest BCUT2D eigenvalue weighted by Crippen LogP contribution is -2.44. The Labute approximate surface area is 138 Å². The quantitative estimate of drug-likeness (QED) is 0.899. The van der Waals surface area contributed by atoms with E-state index in [9.17, 15) is 5.11 Å². The van der Waals surface area contributed by atoms with Crippen LogP contribution in [0.3, 0.4) is 0 Å². The van der Waals surface area contributed by atoms with Gasteiger partial charge in [-0.25, -0.2) is 4.68 Å². The lowest BCUT2D eigenvalue weighted by molar-refractivity contribution is -0.219. The van der Waals surface area contributed by atoms with Crippen molar-refractivity contribution in [3.8, 4) is 0 Å². The van der Waals surface area contributed by atoms with Crippen molar-refractivity contribution in [3.05, 3.63) is 28.9 Å². The molecule has 1 N–H and O–H groups in total. The van der Waals surface area contributed by atoms with Gasteiger partial charge in [0.2, 0.25) is 0 Å². The van der Waals surface area contributed by atoms with Gasteiger partial charge in [-0.05, 0) is 32.6 Å². The number of aliphatic hydroxyl groups is 1. The average Bonchev–Trinajstić information content (AvgIpc) is 3.01. The van der Waals surface area contributed by atoms with Gasteiger partial charge in [0, 0.05) is 11.5 Å². The second-order valence-corrected chi connectivity index (χ2v) is 7.08. The molecular weight excluding hydrogens is 312 g/mol. The van der Waals surface area contributed by atoms with E-state index in [1.54, 1.807) is 10.9 Å². The van der Waals surface area contributed by atoms with Crippen LogP contribution in [0, 0.1) is 6.92 Å². The molecular formula is C16H20N4O4. The molecule has 0 spiro atoms. The van der Waals surface area contributed by atoms with Crippen molar-refractivity contribution in [3.63, 3.8) is 0 Å². The molecule has 0 aromatic carbocycles. The third-order valence-electron chi connectivity index (χ3n) is 5.29. The molecule has 8 nitrogen and oxygen atoms in total. The SMILES string of the molecule is Cc1c(Cn2cc(C3(O)CC[C@H]4CO[C@@H]3O4)nn2)noc1C1CC1. The normalized spacial score (nSPS) is 32.4. The molecule has 3 aliphatic rings. The van der Waals surface area contributed by atoms with Gasteiger partial charge in [0.25, 0.3) is 0 Å². The maximum absolute atomic E-state index is 10.9. The van der Waals surface area contributed by atoms with Gasteiger partial charge in [0.05, 0.1) is 25.5 Å². The summed E-state index contributed by atoms with van der Waals surface area (Å²) in [5.41, 5.74) is 1.20. The van der Waals surface area contributed by atoms with E-state index >= 15 is 0 Å². The minimum absolute atomic E-state index is 0.0870. The summed E-state index contributed by atoms with van der Waals surface area (Å²) in [6.45, 7) is 3.04. The summed E-state index contributed by atoms with van der Waals surface area (Å²) in [4.78, 5) is 0. The second-order valence-electron chi connectivity index (χ2n) is 7.08. The summed E-state index contributed by atoms with van der Waals surface area (Å²) in [5.74, 6) is 1.53. The van der Waals surface area contributed by atoms with E-state index in [1.807, 2.05) is 6.92 Å². The Morgan fingerprint density at radius 3 is 3.08 bits per heavy atom. The molecule has 1 unspecified atom stereocenters. The predicted molar refractivity (Wildman–Crippen MR) is 80.1 cm³/mol. The molecule has 5 rings (SSSR count). The van der Waals surface area contributed by atoms with Crippen LogP contribution < -0.4 is 0 Å². The highest BCUT2D eigenvalue weighted by atomic mass is 16.7. The zero-order valence-corrected chi connectivity index (χ0v) is 13.5. The van der Waals surface area contributed by atoms with Crippen molar-refractivity contribution in [1.29, 1.82) is 0 Å². The zero-order valence-electron chi connectivity index (χ0n) is 13.5. The van der Waals surface area contributed by atoms with Crippen molar-refractivity contribution >= 4 is 0 Å². The van der Waals surface area contributed by atoms with Crippen LogP contribution >= 0.6 is 0 Å². The largest absolute Gasteiger partial charge is 0.378 e. The summed E-state index contributed by atoms with van der Waals surface area (Å²) < 4.78 is 18.4. The Bertz CT molecular complexity index is 768. The monoisotopic (exact) mass is 332 g/mol. The molecule has 128 valence electrons. The predicted octanol–water partition coefficient (Wildman–Crippen LogP) is 1.22. The van der Waals surface area contributed by atoms with Gasteiger partial charge in [0.1, 0.15) is 17.1 Å². The van der Waals surface area contributed by atoms with Gasteiger partial charge < -0.3 is 19.1 Å². The molecule has 1 aliphatic carbocycles. The Kier molecular flexibility index (Phi) is 3.10. The van der Waals surface area contributed by atoms with E-state index in [0.717, 1.165) is 23.4 Å². The van der Waals surface area contributed by atoms with Crippen LogP contribution in [0.2, 0.25) is 0 Å². The Balaban J connectivity index is 1.37. The van der Waals surface area contributed by atoms with E-state index < -0.39 is 11.9 Å². The fraction of sp³-hybridized carbons (Fsp3) is 0.688. The molecule has 3 fully saturated rings. The Morgan fingerprint density at radius 1 is 1.38 bits per heavy atom. The summed E-state index contributed by atoms with van der Waals surface area (Å²) >= 11 is 0. The molecule has 1 saturated carbocycles. The van der Waals surface area contributed by atoms with E-state index in [4.69, 9.17) is 14.0 Å². The van der Waals surface area contributed by atoms with Gasteiger partial charge in [-0.15, -0.1) is 5.10 Å². The number of fused-ring (bicyclic) bond motifs is 2. The highest BCUT2D eigenvalue weighted by Crippen LogP contribution is 2.42. The van der Waals surface area contributed by atoms with Crippen LogP contribution in [0.1, 0.15) is 54.3 Å². The zero-order chi connectivity index (χ0) is 16.3. The van der Waals surface area contributed by atoms with Gasteiger partial charge in [-0.3, -0.25) is 0 Å². The van der Waals surface area contributed by atoms with Gasteiger partial charge in [-0.2, -0.15) is 0 Å². The lowest BCUT2D eigenvalue weighted by Gasteiger charge is -2.34. The smallest absolute Gasteiger partial charge is 0.192 e. The number of nitrogens with zero attached hydrogens (tertiary/aromatic N) is 4. The fourth-order valence-corrected chi connectivity index (χ4v) is 3.58. The van der Waals surface area contributed by atoms with Crippen LogP contribution in [0.15, 0.2) is 10.7 Å². The summed E-state index contributed by atoms with van der Waals surface area (Å²) in [5, 5.41) is 23.4. The first-order valence-corrected chi connectivity index (χ1v) is 8.48. The average molecular weight is 332 g/mol. The molecule has 2 aromatic rings. The first-order valence-electron chi connectivity index (χ1n) is 8.48. The number of rotatable bonds is 4. The van der Waals surface area contributed by atoms with E-state index in [-0.39, 0.29) is 6.10 Å². The number of ether oxygens (including phenoxy) is 2. The molecule has 24 heavy (non-hydrogen) atoms. The van der Waals surface area contributed by atoms with E-state index in [1.165, 1.54) is 12.8 Å². The van der Waals surface area contributed by atoms with Crippen LogP contribution in [-0.4, -0.2) is 44.3 Å². The Hall–Kier alpha value is -1.77. The van der Waals surface area contributed by atoms with Gasteiger partial charge >= 0.3 is 0 Å². The third-order valence-corrected chi connectivity index (χ3v) is 5.29. The summed E-state index contributed by atoms with van der Waals surface area (Å²) in [7, 11) is 0. The van der Waals surface area contributed by atoms with Crippen LogP contribution in [0.5, 0.6) is 0 Å². The maximum Gasteiger partial charge on any atom is 0.192 e. The summed E-state index contributed by atoms with van der Waals surface area (Å²) in [6, 6.07) is 0. The van der Waals surface area contributed by atoms with Gasteiger partial charge in [0.15, 0.2) is 11.9 Å². The fourth-order valence-electron chi connectivity index (χ4n) is 3.58. The lowest BCUT2D eigenvalue weighted by atomic mass is 9.90. The van der Waals surface area contributed by atoms with Crippen LogP contribution in [0.25, 0.3) is 0 Å². The maximum atomic E-state index is 10.9. The van der Waals surface area contributed by atoms with Crippen molar-refractivity contribution < 1.29 is 19.1 Å². The first kappa shape index (κ1) is 14.6. The van der Waals surface area contributed by atoms with Crippen molar-refractivity contribution in [2.24, 2.45) is 0 Å². The molecule has 2 aliphatic heterocycles. The number of hydrogen-bond donors (Lipinski definition) is 1. The van der Waals surface area contributed by atoms with Crippen molar-refractivity contribution in [2.45, 2.75) is 63.1 Å². The molecule has 3 atom stereocenters. The van der Waals surface area contributed by atoms with Gasteiger partial charge in [-0.1, -0.05) is 10.4 Å². The second kappa shape index (κ2) is 5.11. The first-order chi connectivity index (χ1) is 11.6. The molecule has 8 heteroatoms. The minimum atomic E-state index is -1.23. The highest BCUT2D eigenvalue weighted by molar-refractivity contribution is 5.27. The molecule has 2 bridgehead atoms. The molecule has 0 amide bonds. The van der Waals surface area contributed by atoms with E-state index in [0.29, 0.717) is 31.2 Å².